The Labute approximate surface area is 117 Å². The fourth-order valence-corrected chi connectivity index (χ4v) is 11.2. The van der Waals surface area contributed by atoms with Crippen LogP contribution in [0.4, 0.5) is 0 Å². The first-order valence-corrected chi connectivity index (χ1v) is 9.35. The van der Waals surface area contributed by atoms with E-state index >= 15 is 0 Å². The van der Waals surface area contributed by atoms with Crippen molar-refractivity contribution < 1.29 is 5.11 Å². The molecule has 1 aromatic rings. The Morgan fingerprint density at radius 3 is 1.72 bits per heavy atom. The zero-order chi connectivity index (χ0) is 14.1. The summed E-state index contributed by atoms with van der Waals surface area (Å²) in [6.45, 7) is 13.6. The predicted molar refractivity (Wildman–Crippen MR) is 83.8 cm³/mol. The molecule has 0 amide bonds. The van der Waals surface area contributed by atoms with Crippen LogP contribution in [0.3, 0.4) is 0 Å². The van der Waals surface area contributed by atoms with Crippen LogP contribution in [0.5, 0.6) is 5.75 Å². The molecule has 0 saturated heterocycles. The van der Waals surface area contributed by atoms with Crippen LogP contribution in [0, 0.1) is 0 Å². The third-order valence-corrected chi connectivity index (χ3v) is 11.9. The molecule has 0 fully saturated rings. The number of hydrogen-bond donors (Lipinski definition) is 1. The van der Waals surface area contributed by atoms with Crippen molar-refractivity contribution in [3.05, 3.63) is 23.2 Å². The van der Waals surface area contributed by atoms with E-state index in [0.29, 0.717) is 22.4 Å². The fraction of sp³-hybridized carbons (Fsp3) is 0.600. The van der Waals surface area contributed by atoms with Crippen molar-refractivity contribution in [1.29, 1.82) is 0 Å². The second-order valence-corrected chi connectivity index (χ2v) is 12.3. The molecule has 0 unspecified atom stereocenters. The minimum absolute atomic E-state index is 0.380. The van der Waals surface area contributed by atoms with Crippen molar-refractivity contribution in [2.24, 2.45) is 0 Å². The minimum atomic E-state index is -1.87. The molecule has 18 heavy (non-hydrogen) atoms. The van der Waals surface area contributed by atoms with Gasteiger partial charge in [0, 0.05) is 10.2 Å². The molecule has 0 bridgehead atoms. The van der Waals surface area contributed by atoms with Crippen molar-refractivity contribution >= 4 is 24.9 Å². The number of aromatic hydroxyl groups is 1. The van der Waals surface area contributed by atoms with Crippen LogP contribution in [-0.4, -0.2) is 13.2 Å². The zero-order valence-electron chi connectivity index (χ0n) is 12.3. The Hall–Kier alpha value is -0.473. The van der Waals surface area contributed by atoms with Crippen molar-refractivity contribution in [3.63, 3.8) is 0 Å². The van der Waals surface area contributed by atoms with Gasteiger partial charge in [-0.1, -0.05) is 59.2 Å². The molecule has 0 heterocycles. The number of hydrogen-bond acceptors (Lipinski definition) is 1. The maximum absolute atomic E-state index is 10.3. The average molecular weight is 285 g/mol. The molecule has 0 radical (unpaired) electrons. The van der Waals surface area contributed by atoms with E-state index in [9.17, 15) is 5.11 Å². The van der Waals surface area contributed by atoms with Crippen LogP contribution < -0.4 is 5.19 Å². The summed E-state index contributed by atoms with van der Waals surface area (Å²) < 4.78 is 0. The van der Waals surface area contributed by atoms with E-state index in [4.69, 9.17) is 11.6 Å². The Kier molecular flexibility index (Phi) is 4.90. The molecule has 0 aliphatic rings. The average Bonchev–Trinajstić information content (AvgIpc) is 2.21. The molecule has 0 aliphatic carbocycles. The summed E-state index contributed by atoms with van der Waals surface area (Å²) in [4.78, 5) is 0. The molecule has 1 rings (SSSR count). The lowest BCUT2D eigenvalue weighted by atomic mass is 10.3. The molecule has 0 aromatic heterocycles. The lowest BCUT2D eigenvalue weighted by molar-refractivity contribution is 0.478. The Morgan fingerprint density at radius 1 is 0.944 bits per heavy atom. The summed E-state index contributed by atoms with van der Waals surface area (Å²) in [7, 11) is -1.87. The molecule has 1 N–H and O–H groups in total. The SMILES string of the molecule is CC(C)[Si](c1c(O)cccc1Cl)(C(C)C)C(C)C. The van der Waals surface area contributed by atoms with Crippen LogP contribution in [0.25, 0.3) is 0 Å². The van der Waals surface area contributed by atoms with Crippen molar-refractivity contribution in [1.82, 2.24) is 0 Å². The molecule has 1 aromatic carbocycles. The molecular weight excluding hydrogens is 260 g/mol. The van der Waals surface area contributed by atoms with Gasteiger partial charge in [0.05, 0.1) is 0 Å². The highest BCUT2D eigenvalue weighted by molar-refractivity contribution is 6.96. The highest BCUT2D eigenvalue weighted by Crippen LogP contribution is 2.43. The van der Waals surface area contributed by atoms with Gasteiger partial charge in [-0.05, 0) is 28.8 Å². The second-order valence-electron chi connectivity index (χ2n) is 6.03. The third kappa shape index (κ3) is 2.33. The van der Waals surface area contributed by atoms with Gasteiger partial charge in [-0.25, -0.2) is 0 Å². The van der Waals surface area contributed by atoms with E-state index in [0.717, 1.165) is 10.2 Å². The first-order valence-electron chi connectivity index (χ1n) is 6.74. The van der Waals surface area contributed by atoms with Gasteiger partial charge in [0.15, 0.2) is 0 Å². The van der Waals surface area contributed by atoms with Crippen molar-refractivity contribution in [3.8, 4) is 5.75 Å². The number of phenols is 1. The van der Waals surface area contributed by atoms with Gasteiger partial charge in [0.1, 0.15) is 13.8 Å². The van der Waals surface area contributed by atoms with E-state index in [1.54, 1.807) is 6.07 Å². The summed E-state index contributed by atoms with van der Waals surface area (Å²) in [6.07, 6.45) is 0. The molecule has 0 aliphatic heterocycles. The minimum Gasteiger partial charge on any atom is -0.508 e. The molecule has 0 spiro atoms. The summed E-state index contributed by atoms with van der Waals surface area (Å²) in [5.74, 6) is 0.380. The lowest BCUT2D eigenvalue weighted by Gasteiger charge is -2.44. The first kappa shape index (κ1) is 15.6. The Bertz CT molecular complexity index is 371. The van der Waals surface area contributed by atoms with E-state index in [2.05, 4.69) is 41.5 Å². The first-order chi connectivity index (χ1) is 8.26. The number of halogens is 1. The van der Waals surface area contributed by atoms with E-state index in [1.165, 1.54) is 0 Å². The van der Waals surface area contributed by atoms with Crippen LogP contribution in [0.2, 0.25) is 21.6 Å². The van der Waals surface area contributed by atoms with E-state index in [1.807, 2.05) is 12.1 Å². The quantitative estimate of drug-likeness (QED) is 0.777. The Balaban J connectivity index is 3.63. The summed E-state index contributed by atoms with van der Waals surface area (Å²) in [5, 5.41) is 12.1. The topological polar surface area (TPSA) is 20.2 Å². The van der Waals surface area contributed by atoms with E-state index < -0.39 is 8.07 Å². The highest BCUT2D eigenvalue weighted by Gasteiger charge is 2.47. The molecule has 3 heteroatoms. The monoisotopic (exact) mass is 284 g/mol. The number of phenolic OH excluding ortho intramolecular Hbond substituents is 1. The van der Waals surface area contributed by atoms with Crippen LogP contribution >= 0.6 is 11.6 Å². The predicted octanol–water partition coefficient (Wildman–Crippen LogP) is 4.93. The molecule has 0 saturated carbocycles. The maximum Gasteiger partial charge on any atom is 0.116 e. The zero-order valence-corrected chi connectivity index (χ0v) is 14.0. The smallest absolute Gasteiger partial charge is 0.116 e. The molecule has 1 nitrogen and oxygen atoms in total. The number of benzene rings is 1. The normalized spacial score (nSPS) is 12.8. The number of rotatable bonds is 4. The van der Waals surface area contributed by atoms with Gasteiger partial charge >= 0.3 is 0 Å². The summed E-state index contributed by atoms with van der Waals surface area (Å²) in [5.41, 5.74) is 1.63. The summed E-state index contributed by atoms with van der Waals surface area (Å²) in [6, 6.07) is 5.50. The lowest BCUT2D eigenvalue weighted by Crippen LogP contribution is -2.56. The largest absolute Gasteiger partial charge is 0.508 e. The van der Waals surface area contributed by atoms with Crippen molar-refractivity contribution in [2.45, 2.75) is 58.2 Å². The Morgan fingerprint density at radius 2 is 1.39 bits per heavy atom. The third-order valence-electron chi connectivity index (χ3n) is 4.29. The fourth-order valence-electron chi connectivity index (χ4n) is 3.81. The van der Waals surface area contributed by atoms with Gasteiger partial charge in [-0.3, -0.25) is 0 Å². The van der Waals surface area contributed by atoms with E-state index in [-0.39, 0.29) is 0 Å². The molecule has 0 atom stereocenters. The van der Waals surface area contributed by atoms with Crippen LogP contribution in [0.1, 0.15) is 41.5 Å². The van der Waals surface area contributed by atoms with Crippen LogP contribution in [0.15, 0.2) is 18.2 Å². The maximum atomic E-state index is 10.3. The standard InChI is InChI=1S/C15H25ClOSi/c1-10(2)18(11(3)4,12(5)6)15-13(16)8-7-9-14(15)17/h7-12,17H,1-6H3. The molecule has 102 valence electrons. The van der Waals surface area contributed by atoms with Gasteiger partial charge in [-0.2, -0.15) is 0 Å². The van der Waals surface area contributed by atoms with Crippen molar-refractivity contribution in [2.75, 3.05) is 0 Å². The van der Waals surface area contributed by atoms with Gasteiger partial charge in [0.2, 0.25) is 0 Å². The highest BCUT2D eigenvalue weighted by atomic mass is 35.5. The van der Waals surface area contributed by atoms with Gasteiger partial charge in [0.25, 0.3) is 0 Å². The second kappa shape index (κ2) is 5.66. The summed E-state index contributed by atoms with van der Waals surface area (Å²) >= 11 is 6.42. The van der Waals surface area contributed by atoms with Crippen LogP contribution in [-0.2, 0) is 0 Å². The van der Waals surface area contributed by atoms with Gasteiger partial charge in [-0.15, -0.1) is 0 Å². The molecular formula is C15H25ClOSi. The van der Waals surface area contributed by atoms with Gasteiger partial charge < -0.3 is 5.11 Å².